The highest BCUT2D eigenvalue weighted by Crippen LogP contribution is 2.31. The van der Waals surface area contributed by atoms with Crippen molar-refractivity contribution >= 4 is 28.3 Å². The Hall–Kier alpha value is -3.24. The Morgan fingerprint density at radius 3 is 2.15 bits per heavy atom. The van der Waals surface area contributed by atoms with Gasteiger partial charge in [-0.1, -0.05) is 72.3 Å². The molecule has 0 unspecified atom stereocenters. The number of nitrogens with zero attached hydrogens (tertiary/aromatic N) is 4. The van der Waals surface area contributed by atoms with Crippen LogP contribution in [0.3, 0.4) is 0 Å². The second-order valence-corrected chi connectivity index (χ2v) is 6.45. The molecule has 0 spiro atoms. The number of fused-ring (bicyclic) bond motifs is 3. The zero-order chi connectivity index (χ0) is 17.5. The molecular weight excluding hydrogens is 344 g/mol. The summed E-state index contributed by atoms with van der Waals surface area (Å²) in [6, 6.07) is 25.9. The number of rotatable bonds is 2. The van der Waals surface area contributed by atoms with Crippen LogP contribution in [0.4, 0.5) is 0 Å². The number of benzene rings is 3. The van der Waals surface area contributed by atoms with Gasteiger partial charge in [0.25, 0.3) is 5.78 Å². The van der Waals surface area contributed by atoms with Crippen LogP contribution in [0.2, 0.25) is 5.02 Å². The molecule has 2 heterocycles. The molecule has 2 aromatic heterocycles. The fourth-order valence-electron chi connectivity index (χ4n) is 3.21. The van der Waals surface area contributed by atoms with E-state index >= 15 is 0 Å². The van der Waals surface area contributed by atoms with Crippen molar-refractivity contribution < 1.29 is 0 Å². The largest absolute Gasteiger partial charge is 0.259 e. The van der Waals surface area contributed by atoms with Crippen LogP contribution >= 0.6 is 11.6 Å². The molecule has 0 radical (unpaired) electrons. The molecule has 0 aliphatic heterocycles. The minimum absolute atomic E-state index is 0.567. The number of hydrogen-bond donors (Lipinski definition) is 0. The van der Waals surface area contributed by atoms with Gasteiger partial charge in [-0.25, -0.2) is 4.98 Å². The van der Waals surface area contributed by atoms with E-state index in [9.17, 15) is 0 Å². The Balaban J connectivity index is 1.91. The third-order valence-corrected chi connectivity index (χ3v) is 4.63. The van der Waals surface area contributed by atoms with Crippen molar-refractivity contribution in [2.24, 2.45) is 0 Å². The van der Waals surface area contributed by atoms with Gasteiger partial charge in [0.05, 0.1) is 11.2 Å². The zero-order valence-electron chi connectivity index (χ0n) is 13.7. The molecule has 5 rings (SSSR count). The summed E-state index contributed by atoms with van der Waals surface area (Å²) in [5.41, 5.74) is 3.83. The van der Waals surface area contributed by atoms with E-state index in [2.05, 4.69) is 10.2 Å². The van der Waals surface area contributed by atoms with Crippen LogP contribution < -0.4 is 0 Å². The maximum Gasteiger partial charge on any atom is 0.256 e. The van der Waals surface area contributed by atoms with Crippen LogP contribution in [-0.4, -0.2) is 19.6 Å². The lowest BCUT2D eigenvalue weighted by atomic mass is 10.1. The lowest BCUT2D eigenvalue weighted by Crippen LogP contribution is -1.97. The minimum atomic E-state index is 0.567. The van der Waals surface area contributed by atoms with Gasteiger partial charge in [-0.15, -0.1) is 10.2 Å². The van der Waals surface area contributed by atoms with Crippen LogP contribution in [0.5, 0.6) is 0 Å². The first-order chi connectivity index (χ1) is 12.8. The van der Waals surface area contributed by atoms with Gasteiger partial charge < -0.3 is 0 Å². The Labute approximate surface area is 154 Å². The van der Waals surface area contributed by atoms with Crippen LogP contribution in [0.15, 0.2) is 78.9 Å². The van der Waals surface area contributed by atoms with Crippen molar-refractivity contribution in [2.45, 2.75) is 0 Å². The Bertz CT molecular complexity index is 1230. The normalized spacial score (nSPS) is 11.3. The van der Waals surface area contributed by atoms with Gasteiger partial charge in [-0.05, 0) is 18.2 Å². The third-order valence-electron chi connectivity index (χ3n) is 4.39. The zero-order valence-corrected chi connectivity index (χ0v) is 14.4. The lowest BCUT2D eigenvalue weighted by Gasteiger charge is -2.10. The molecule has 0 amide bonds. The third kappa shape index (κ3) is 2.35. The Kier molecular flexibility index (Phi) is 3.43. The van der Waals surface area contributed by atoms with Crippen LogP contribution in [0.25, 0.3) is 39.3 Å². The van der Waals surface area contributed by atoms with E-state index < -0.39 is 0 Å². The predicted octanol–water partition coefficient (Wildman–Crippen LogP) is 5.26. The summed E-state index contributed by atoms with van der Waals surface area (Å²) in [6.07, 6.45) is 0. The van der Waals surface area contributed by atoms with Gasteiger partial charge in [0, 0.05) is 21.5 Å². The highest BCUT2D eigenvalue weighted by Gasteiger charge is 2.16. The maximum absolute atomic E-state index is 6.29. The fraction of sp³-hybridized carbons (Fsp3) is 0. The summed E-state index contributed by atoms with van der Waals surface area (Å²) in [6.45, 7) is 0. The first-order valence-electron chi connectivity index (χ1n) is 8.26. The average molecular weight is 357 g/mol. The van der Waals surface area contributed by atoms with Gasteiger partial charge >= 0.3 is 0 Å². The molecule has 0 atom stereocenters. The van der Waals surface area contributed by atoms with Gasteiger partial charge in [-0.3, -0.25) is 4.40 Å². The standard InChI is InChI=1S/C21H13ClN4/c22-16-11-12-18-17(13-16)19(14-7-3-1-4-8-14)23-21-25-24-20(26(18)21)15-9-5-2-6-10-15/h1-13H. The van der Waals surface area contributed by atoms with Gasteiger partial charge in [0.2, 0.25) is 0 Å². The van der Waals surface area contributed by atoms with E-state index in [1.165, 1.54) is 0 Å². The quantitative estimate of drug-likeness (QED) is 0.433. The maximum atomic E-state index is 6.29. The second kappa shape index (κ2) is 5.93. The monoisotopic (exact) mass is 356 g/mol. The summed E-state index contributed by atoms with van der Waals surface area (Å²) in [4.78, 5) is 4.79. The molecule has 0 fully saturated rings. The predicted molar refractivity (Wildman–Crippen MR) is 104 cm³/mol. The molecule has 5 heteroatoms. The van der Waals surface area contributed by atoms with E-state index in [1.807, 2.05) is 83.3 Å². The van der Waals surface area contributed by atoms with Crippen molar-refractivity contribution in [1.82, 2.24) is 19.6 Å². The molecule has 0 bridgehead atoms. The summed E-state index contributed by atoms with van der Waals surface area (Å²) < 4.78 is 1.98. The van der Waals surface area contributed by atoms with Crippen molar-refractivity contribution in [3.8, 4) is 22.6 Å². The average Bonchev–Trinajstić information content (AvgIpc) is 3.12. The van der Waals surface area contributed by atoms with Gasteiger partial charge in [-0.2, -0.15) is 0 Å². The molecule has 26 heavy (non-hydrogen) atoms. The Morgan fingerprint density at radius 2 is 1.42 bits per heavy atom. The SMILES string of the molecule is Clc1ccc2c(c1)c(-c1ccccc1)nc1nnc(-c3ccccc3)n12. The summed E-state index contributed by atoms with van der Waals surface area (Å²) in [5, 5.41) is 10.4. The van der Waals surface area contributed by atoms with E-state index in [1.54, 1.807) is 0 Å². The highest BCUT2D eigenvalue weighted by molar-refractivity contribution is 6.31. The summed E-state index contributed by atoms with van der Waals surface area (Å²) in [7, 11) is 0. The molecule has 3 aromatic carbocycles. The molecule has 0 N–H and O–H groups in total. The first-order valence-corrected chi connectivity index (χ1v) is 8.64. The summed E-state index contributed by atoms with van der Waals surface area (Å²) in [5.74, 6) is 1.33. The Morgan fingerprint density at radius 1 is 0.731 bits per heavy atom. The number of aromatic nitrogens is 4. The molecule has 5 aromatic rings. The molecule has 0 aliphatic rings. The molecule has 0 aliphatic carbocycles. The molecule has 124 valence electrons. The summed E-state index contributed by atoms with van der Waals surface area (Å²) >= 11 is 6.29. The number of hydrogen-bond acceptors (Lipinski definition) is 3. The molecule has 4 nitrogen and oxygen atoms in total. The van der Waals surface area contributed by atoms with Crippen molar-refractivity contribution in [1.29, 1.82) is 0 Å². The van der Waals surface area contributed by atoms with Crippen molar-refractivity contribution in [3.63, 3.8) is 0 Å². The molecular formula is C21H13ClN4. The minimum Gasteiger partial charge on any atom is -0.259 e. The topological polar surface area (TPSA) is 43.1 Å². The second-order valence-electron chi connectivity index (χ2n) is 6.01. The van der Waals surface area contributed by atoms with E-state index in [0.29, 0.717) is 10.8 Å². The van der Waals surface area contributed by atoms with Gasteiger partial charge in [0.15, 0.2) is 5.82 Å². The van der Waals surface area contributed by atoms with Crippen LogP contribution in [-0.2, 0) is 0 Å². The first kappa shape index (κ1) is 15.0. The van der Waals surface area contributed by atoms with Gasteiger partial charge in [0.1, 0.15) is 0 Å². The van der Waals surface area contributed by atoms with E-state index in [0.717, 1.165) is 33.5 Å². The van der Waals surface area contributed by atoms with E-state index in [-0.39, 0.29) is 0 Å². The lowest BCUT2D eigenvalue weighted by molar-refractivity contribution is 1.10. The fourth-order valence-corrected chi connectivity index (χ4v) is 3.39. The molecule has 0 saturated heterocycles. The van der Waals surface area contributed by atoms with Crippen molar-refractivity contribution in [3.05, 3.63) is 83.9 Å². The van der Waals surface area contributed by atoms with E-state index in [4.69, 9.17) is 16.6 Å². The highest BCUT2D eigenvalue weighted by atomic mass is 35.5. The van der Waals surface area contributed by atoms with Crippen LogP contribution in [0.1, 0.15) is 0 Å². The molecule has 0 saturated carbocycles. The van der Waals surface area contributed by atoms with Crippen molar-refractivity contribution in [2.75, 3.05) is 0 Å². The number of halogens is 1. The van der Waals surface area contributed by atoms with Crippen LogP contribution in [0, 0.1) is 0 Å². The smallest absolute Gasteiger partial charge is 0.256 e.